The predicted octanol–water partition coefficient (Wildman–Crippen LogP) is 2.51. The van der Waals surface area contributed by atoms with Gasteiger partial charge in [0.1, 0.15) is 5.73 Å². The number of rotatable bonds is 8. The van der Waals surface area contributed by atoms with Crippen molar-refractivity contribution in [1.82, 2.24) is 0 Å². The minimum absolute atomic E-state index is 0.0274. The maximum atomic E-state index is 10.2. The molecule has 0 rings (SSSR count). The van der Waals surface area contributed by atoms with Crippen LogP contribution in [-0.4, -0.2) is 38.0 Å². The van der Waals surface area contributed by atoms with Crippen molar-refractivity contribution in [2.24, 2.45) is 0 Å². The van der Waals surface area contributed by atoms with Crippen molar-refractivity contribution in [3.05, 3.63) is 0 Å². The fraction of sp³-hybridized carbons (Fsp3) is 1.00. The molecular weight excluding hydrogens is 236 g/mol. The number of aliphatic hydroxyl groups excluding tert-OH is 1. The molecule has 1 N–H and O–H groups in total. The van der Waals surface area contributed by atoms with Gasteiger partial charge in [0.2, 0.25) is 0 Å². The van der Waals surface area contributed by atoms with Crippen molar-refractivity contribution in [3.8, 4) is 0 Å². The second-order valence-corrected chi connectivity index (χ2v) is 7.61. The van der Waals surface area contributed by atoms with Gasteiger partial charge in [0.25, 0.3) is 0 Å². The maximum absolute atomic E-state index is 10.2. The highest BCUT2D eigenvalue weighted by atomic mass is 28.4. The molecule has 0 radical (unpaired) electrons. The molecule has 0 aromatic rings. The Hall–Kier alpha value is 0.0569. The maximum Gasteiger partial charge on any atom is 0.531 e. The summed E-state index contributed by atoms with van der Waals surface area (Å²) >= 11 is 0. The van der Waals surface area contributed by atoms with Crippen molar-refractivity contribution in [2.75, 3.05) is 0 Å². The average molecular weight is 264 g/mol. The standard InChI is InChI=1S/C12H28O4Si/c1-8-12(13)17(14-9(2)3,15-10(4)5)16-11(6)7/h9-13H,8H2,1-7H3. The van der Waals surface area contributed by atoms with Gasteiger partial charge in [-0.05, 0) is 48.0 Å². The Morgan fingerprint density at radius 3 is 1.29 bits per heavy atom. The Kier molecular flexibility index (Phi) is 7.51. The third-order valence-corrected chi connectivity index (χ3v) is 5.62. The molecule has 0 saturated heterocycles. The fourth-order valence-corrected chi connectivity index (χ4v) is 4.66. The molecule has 0 bridgehead atoms. The second-order valence-electron chi connectivity index (χ2n) is 5.03. The summed E-state index contributed by atoms with van der Waals surface area (Å²) in [5.41, 5.74) is -0.672. The largest absolute Gasteiger partial charge is 0.531 e. The zero-order valence-corrected chi connectivity index (χ0v) is 13.2. The molecule has 0 saturated carbocycles. The SMILES string of the molecule is CCC(O)[Si](OC(C)C)(OC(C)C)OC(C)C. The van der Waals surface area contributed by atoms with Gasteiger partial charge < -0.3 is 18.4 Å². The van der Waals surface area contributed by atoms with E-state index in [0.29, 0.717) is 6.42 Å². The molecule has 0 aliphatic heterocycles. The summed E-state index contributed by atoms with van der Waals surface area (Å²) in [5, 5.41) is 10.2. The molecule has 104 valence electrons. The molecular formula is C12H28O4Si. The highest BCUT2D eigenvalue weighted by Gasteiger charge is 2.50. The van der Waals surface area contributed by atoms with Gasteiger partial charge in [-0.2, -0.15) is 0 Å². The predicted molar refractivity (Wildman–Crippen MR) is 70.7 cm³/mol. The monoisotopic (exact) mass is 264 g/mol. The Balaban J connectivity index is 5.04. The molecule has 4 nitrogen and oxygen atoms in total. The zero-order chi connectivity index (χ0) is 13.6. The second kappa shape index (κ2) is 7.48. The van der Waals surface area contributed by atoms with E-state index in [2.05, 4.69) is 0 Å². The first-order chi connectivity index (χ1) is 7.73. The Bertz CT molecular complexity index is 180. The Morgan fingerprint density at radius 2 is 1.12 bits per heavy atom. The van der Waals surface area contributed by atoms with E-state index < -0.39 is 14.5 Å². The lowest BCUT2D eigenvalue weighted by atomic mass is 10.5. The van der Waals surface area contributed by atoms with Crippen LogP contribution in [-0.2, 0) is 13.3 Å². The van der Waals surface area contributed by atoms with Crippen LogP contribution in [0.5, 0.6) is 0 Å². The lowest BCUT2D eigenvalue weighted by Gasteiger charge is -2.37. The lowest BCUT2D eigenvalue weighted by Crippen LogP contribution is -2.59. The zero-order valence-electron chi connectivity index (χ0n) is 12.2. The van der Waals surface area contributed by atoms with Crippen molar-refractivity contribution in [1.29, 1.82) is 0 Å². The van der Waals surface area contributed by atoms with E-state index in [9.17, 15) is 5.11 Å². The molecule has 0 aliphatic rings. The first-order valence-corrected chi connectivity index (χ1v) is 8.25. The number of aliphatic hydroxyl groups is 1. The van der Waals surface area contributed by atoms with Crippen LogP contribution in [0.2, 0.25) is 0 Å². The van der Waals surface area contributed by atoms with Crippen LogP contribution in [0, 0.1) is 0 Å². The first kappa shape index (κ1) is 17.1. The van der Waals surface area contributed by atoms with Crippen LogP contribution in [0.15, 0.2) is 0 Å². The third-order valence-electron chi connectivity index (χ3n) is 1.99. The molecule has 0 fully saturated rings. The van der Waals surface area contributed by atoms with E-state index in [4.69, 9.17) is 13.3 Å². The third kappa shape index (κ3) is 5.97. The van der Waals surface area contributed by atoms with Crippen molar-refractivity contribution in [2.45, 2.75) is 78.9 Å². The van der Waals surface area contributed by atoms with E-state index in [0.717, 1.165) is 0 Å². The minimum Gasteiger partial charge on any atom is -0.389 e. The molecule has 0 aromatic heterocycles. The van der Waals surface area contributed by atoms with Crippen LogP contribution < -0.4 is 0 Å². The smallest absolute Gasteiger partial charge is 0.389 e. The summed E-state index contributed by atoms with van der Waals surface area (Å²) in [6.45, 7) is 13.5. The van der Waals surface area contributed by atoms with Gasteiger partial charge in [0.15, 0.2) is 0 Å². The fourth-order valence-electron chi connectivity index (χ4n) is 1.55. The minimum atomic E-state index is -3.03. The average Bonchev–Trinajstić information content (AvgIpc) is 2.12. The van der Waals surface area contributed by atoms with Gasteiger partial charge in [-0.1, -0.05) is 6.92 Å². The van der Waals surface area contributed by atoms with Gasteiger partial charge in [-0.3, -0.25) is 0 Å². The van der Waals surface area contributed by atoms with E-state index in [1.807, 2.05) is 48.5 Å². The molecule has 0 amide bonds. The number of hydrogen-bond donors (Lipinski definition) is 1. The molecule has 0 spiro atoms. The van der Waals surface area contributed by atoms with Gasteiger partial charge in [-0.25, -0.2) is 0 Å². The van der Waals surface area contributed by atoms with Crippen LogP contribution in [0.4, 0.5) is 0 Å². The van der Waals surface area contributed by atoms with E-state index in [1.54, 1.807) is 0 Å². The van der Waals surface area contributed by atoms with E-state index in [-0.39, 0.29) is 18.3 Å². The molecule has 0 aromatic carbocycles. The summed E-state index contributed by atoms with van der Waals surface area (Å²) in [4.78, 5) is 0. The summed E-state index contributed by atoms with van der Waals surface area (Å²) < 4.78 is 17.6. The topological polar surface area (TPSA) is 47.9 Å². The lowest BCUT2D eigenvalue weighted by molar-refractivity contribution is -0.0316. The Morgan fingerprint density at radius 1 is 0.824 bits per heavy atom. The van der Waals surface area contributed by atoms with E-state index >= 15 is 0 Å². The van der Waals surface area contributed by atoms with Crippen LogP contribution in [0.1, 0.15) is 54.9 Å². The quantitative estimate of drug-likeness (QED) is 0.684. The highest BCUT2D eigenvalue weighted by Crippen LogP contribution is 2.23. The molecule has 0 aliphatic carbocycles. The van der Waals surface area contributed by atoms with Gasteiger partial charge >= 0.3 is 8.80 Å². The van der Waals surface area contributed by atoms with E-state index in [1.165, 1.54) is 0 Å². The summed E-state index contributed by atoms with van der Waals surface area (Å²) in [5.74, 6) is 0. The normalized spacial score (nSPS) is 15.0. The number of hydrogen-bond acceptors (Lipinski definition) is 4. The molecule has 1 unspecified atom stereocenters. The van der Waals surface area contributed by atoms with Gasteiger partial charge in [-0.15, -0.1) is 0 Å². The van der Waals surface area contributed by atoms with Crippen LogP contribution in [0.3, 0.4) is 0 Å². The van der Waals surface area contributed by atoms with Crippen LogP contribution in [0.25, 0.3) is 0 Å². The first-order valence-electron chi connectivity index (χ1n) is 6.45. The van der Waals surface area contributed by atoms with Gasteiger partial charge in [0.05, 0.1) is 0 Å². The summed E-state index contributed by atoms with van der Waals surface area (Å²) in [6.07, 6.45) is 0.486. The van der Waals surface area contributed by atoms with Gasteiger partial charge in [0, 0.05) is 18.3 Å². The highest BCUT2D eigenvalue weighted by molar-refractivity contribution is 6.62. The van der Waals surface area contributed by atoms with Crippen molar-refractivity contribution in [3.63, 3.8) is 0 Å². The molecule has 0 heterocycles. The van der Waals surface area contributed by atoms with Crippen LogP contribution >= 0.6 is 0 Å². The molecule has 1 atom stereocenters. The van der Waals surface area contributed by atoms with Crippen molar-refractivity contribution >= 4 is 8.80 Å². The molecule has 17 heavy (non-hydrogen) atoms. The Labute approximate surface area is 107 Å². The summed E-state index contributed by atoms with van der Waals surface area (Å²) in [7, 11) is -3.03. The molecule has 5 heteroatoms. The summed E-state index contributed by atoms with van der Waals surface area (Å²) in [6, 6.07) is 0. The van der Waals surface area contributed by atoms with Crippen molar-refractivity contribution < 1.29 is 18.4 Å².